The molecule has 2 unspecified atom stereocenters. The summed E-state index contributed by atoms with van der Waals surface area (Å²) in [6.07, 6.45) is 0. The minimum absolute atomic E-state index is 0.0383. The second-order valence-electron chi connectivity index (χ2n) is 5.12. The van der Waals surface area contributed by atoms with Crippen LogP contribution < -0.4 is 10.2 Å². The highest BCUT2D eigenvalue weighted by molar-refractivity contribution is 5.74. The van der Waals surface area contributed by atoms with Gasteiger partial charge < -0.3 is 20.2 Å². The van der Waals surface area contributed by atoms with Gasteiger partial charge in [-0.15, -0.1) is 0 Å². The highest BCUT2D eigenvalue weighted by atomic mass is 16.3. The van der Waals surface area contributed by atoms with Gasteiger partial charge in [-0.25, -0.2) is 4.79 Å². The first-order valence-electron chi connectivity index (χ1n) is 6.86. The fraction of sp³-hybridized carbons (Fsp3) is 0.533. The van der Waals surface area contributed by atoms with Crippen LogP contribution >= 0.6 is 0 Å². The number of urea groups is 1. The van der Waals surface area contributed by atoms with Gasteiger partial charge in [-0.1, -0.05) is 18.2 Å². The van der Waals surface area contributed by atoms with Crippen molar-refractivity contribution in [2.45, 2.75) is 25.9 Å². The van der Waals surface area contributed by atoms with Gasteiger partial charge >= 0.3 is 6.03 Å². The normalized spacial score (nSPS) is 13.4. The number of rotatable bonds is 6. The Kier molecular flexibility index (Phi) is 6.31. The number of hydrogen-bond acceptors (Lipinski definition) is 3. The summed E-state index contributed by atoms with van der Waals surface area (Å²) in [6, 6.07) is 9.88. The zero-order valence-corrected chi connectivity index (χ0v) is 12.7. The molecule has 0 bridgehead atoms. The number of aliphatic hydroxyl groups is 1. The molecule has 1 rings (SSSR count). The van der Waals surface area contributed by atoms with E-state index >= 15 is 0 Å². The lowest BCUT2D eigenvalue weighted by atomic mass is 10.2. The van der Waals surface area contributed by atoms with E-state index in [0.717, 1.165) is 5.69 Å². The molecule has 2 N–H and O–H groups in total. The lowest BCUT2D eigenvalue weighted by Crippen LogP contribution is -2.48. The maximum absolute atomic E-state index is 11.9. The van der Waals surface area contributed by atoms with Crippen LogP contribution in [0.3, 0.4) is 0 Å². The topological polar surface area (TPSA) is 55.8 Å². The van der Waals surface area contributed by atoms with Gasteiger partial charge in [0.25, 0.3) is 0 Å². The molecule has 0 heterocycles. The highest BCUT2D eigenvalue weighted by Crippen LogP contribution is 2.13. The van der Waals surface area contributed by atoms with Crippen LogP contribution in [-0.4, -0.2) is 55.4 Å². The molecule has 0 spiro atoms. The zero-order valence-electron chi connectivity index (χ0n) is 12.7. The van der Waals surface area contributed by atoms with Gasteiger partial charge in [0.15, 0.2) is 0 Å². The van der Waals surface area contributed by atoms with Crippen LogP contribution in [0.15, 0.2) is 30.3 Å². The lowest BCUT2D eigenvalue weighted by Gasteiger charge is -2.29. The van der Waals surface area contributed by atoms with Crippen LogP contribution in [0.25, 0.3) is 0 Å². The highest BCUT2D eigenvalue weighted by Gasteiger charge is 2.16. The Bertz CT molecular complexity index is 411. The van der Waals surface area contributed by atoms with E-state index < -0.39 is 0 Å². The van der Waals surface area contributed by atoms with E-state index in [-0.39, 0.29) is 24.7 Å². The minimum Gasteiger partial charge on any atom is -0.394 e. The standard InChI is InChI=1S/C15H25N3O2/c1-12(17(3)14-8-6-5-7-9-14)10-16-15(20)18(4)13(2)11-19/h5-9,12-13,19H,10-11H2,1-4H3,(H,16,20). The van der Waals surface area contributed by atoms with E-state index in [1.807, 2.05) is 37.4 Å². The van der Waals surface area contributed by atoms with Gasteiger partial charge in [-0.3, -0.25) is 0 Å². The molecular weight excluding hydrogens is 254 g/mol. The minimum atomic E-state index is -0.183. The maximum Gasteiger partial charge on any atom is 0.317 e. The molecule has 0 aliphatic carbocycles. The zero-order chi connectivity index (χ0) is 15.1. The Morgan fingerprint density at radius 2 is 1.80 bits per heavy atom. The summed E-state index contributed by atoms with van der Waals surface area (Å²) in [4.78, 5) is 15.5. The summed E-state index contributed by atoms with van der Waals surface area (Å²) in [7, 11) is 3.69. The molecule has 5 nitrogen and oxygen atoms in total. The summed E-state index contributed by atoms with van der Waals surface area (Å²) < 4.78 is 0. The van der Waals surface area contributed by atoms with Crippen molar-refractivity contribution in [2.75, 3.05) is 32.1 Å². The molecule has 20 heavy (non-hydrogen) atoms. The average molecular weight is 279 g/mol. The van der Waals surface area contributed by atoms with Crippen molar-refractivity contribution in [3.63, 3.8) is 0 Å². The van der Waals surface area contributed by atoms with Gasteiger partial charge in [0.05, 0.1) is 12.6 Å². The molecule has 0 fully saturated rings. The number of benzene rings is 1. The first kappa shape index (κ1) is 16.3. The third-order valence-electron chi connectivity index (χ3n) is 3.62. The largest absolute Gasteiger partial charge is 0.394 e. The lowest BCUT2D eigenvalue weighted by molar-refractivity contribution is 0.157. The number of carbonyl (C=O) groups is 1. The van der Waals surface area contributed by atoms with Crippen molar-refractivity contribution < 1.29 is 9.90 Å². The summed E-state index contributed by atoms with van der Waals surface area (Å²) in [5.41, 5.74) is 1.12. The molecule has 2 atom stereocenters. The molecule has 0 aromatic heterocycles. The number of likely N-dealkylation sites (N-methyl/N-ethyl adjacent to an activating group) is 2. The number of amides is 2. The second-order valence-corrected chi connectivity index (χ2v) is 5.12. The third-order valence-corrected chi connectivity index (χ3v) is 3.62. The molecule has 0 saturated carbocycles. The SMILES string of the molecule is CC(CO)N(C)C(=O)NCC(C)N(C)c1ccccc1. The van der Waals surface area contributed by atoms with Crippen LogP contribution in [0.4, 0.5) is 10.5 Å². The predicted octanol–water partition coefficient (Wildman–Crippen LogP) is 1.53. The van der Waals surface area contributed by atoms with E-state index in [2.05, 4.69) is 17.1 Å². The van der Waals surface area contributed by atoms with Crippen LogP contribution in [0.2, 0.25) is 0 Å². The number of hydrogen-bond donors (Lipinski definition) is 2. The Hall–Kier alpha value is -1.75. The van der Waals surface area contributed by atoms with Crippen molar-refractivity contribution >= 4 is 11.7 Å². The predicted molar refractivity (Wildman–Crippen MR) is 82.0 cm³/mol. The van der Waals surface area contributed by atoms with Gasteiger partial charge in [0.1, 0.15) is 0 Å². The number of aliphatic hydroxyl groups excluding tert-OH is 1. The van der Waals surface area contributed by atoms with Crippen molar-refractivity contribution in [2.24, 2.45) is 0 Å². The Morgan fingerprint density at radius 1 is 1.20 bits per heavy atom. The van der Waals surface area contributed by atoms with Crippen LogP contribution in [0.5, 0.6) is 0 Å². The number of carbonyl (C=O) groups excluding carboxylic acids is 1. The summed E-state index contributed by atoms with van der Waals surface area (Å²) in [5.74, 6) is 0. The van der Waals surface area contributed by atoms with Crippen molar-refractivity contribution in [3.05, 3.63) is 30.3 Å². The molecule has 0 aliphatic heterocycles. The van der Waals surface area contributed by atoms with E-state index in [1.165, 1.54) is 4.90 Å². The van der Waals surface area contributed by atoms with Crippen molar-refractivity contribution in [3.8, 4) is 0 Å². The van der Waals surface area contributed by atoms with Crippen LogP contribution in [0, 0.1) is 0 Å². The van der Waals surface area contributed by atoms with Gasteiger partial charge in [-0.05, 0) is 26.0 Å². The smallest absolute Gasteiger partial charge is 0.317 e. The first-order valence-corrected chi connectivity index (χ1v) is 6.86. The summed E-state index contributed by atoms with van der Waals surface area (Å²) in [5, 5.41) is 11.9. The molecule has 0 radical (unpaired) electrons. The van der Waals surface area contributed by atoms with Crippen molar-refractivity contribution in [1.29, 1.82) is 0 Å². The van der Waals surface area contributed by atoms with Crippen LogP contribution in [0.1, 0.15) is 13.8 Å². The Labute approximate surface area is 121 Å². The van der Waals surface area contributed by atoms with Gasteiger partial charge in [0, 0.05) is 32.4 Å². The first-order chi connectivity index (χ1) is 9.47. The Morgan fingerprint density at radius 3 is 2.35 bits per heavy atom. The summed E-state index contributed by atoms with van der Waals surface area (Å²) >= 11 is 0. The molecule has 112 valence electrons. The fourth-order valence-electron chi connectivity index (χ4n) is 1.74. The van der Waals surface area contributed by atoms with Gasteiger partial charge in [-0.2, -0.15) is 0 Å². The molecule has 0 saturated heterocycles. The molecule has 5 heteroatoms. The van der Waals surface area contributed by atoms with Crippen molar-refractivity contribution in [1.82, 2.24) is 10.2 Å². The second kappa shape index (κ2) is 7.75. The number of para-hydroxylation sites is 1. The fourth-order valence-corrected chi connectivity index (χ4v) is 1.74. The van der Waals surface area contributed by atoms with E-state index in [0.29, 0.717) is 6.54 Å². The maximum atomic E-state index is 11.9. The molecule has 1 aromatic carbocycles. The van der Waals surface area contributed by atoms with E-state index in [4.69, 9.17) is 5.11 Å². The van der Waals surface area contributed by atoms with Gasteiger partial charge in [0.2, 0.25) is 0 Å². The number of nitrogens with one attached hydrogen (secondary N) is 1. The number of anilines is 1. The van der Waals surface area contributed by atoms with E-state index in [1.54, 1.807) is 14.0 Å². The quantitative estimate of drug-likeness (QED) is 0.830. The monoisotopic (exact) mass is 279 g/mol. The third kappa shape index (κ3) is 4.42. The molecular formula is C15H25N3O2. The average Bonchev–Trinajstić information content (AvgIpc) is 2.50. The number of nitrogens with zero attached hydrogens (tertiary/aromatic N) is 2. The molecule has 1 aromatic rings. The Balaban J connectivity index is 2.47. The van der Waals surface area contributed by atoms with E-state index in [9.17, 15) is 4.79 Å². The molecule has 0 aliphatic rings. The van der Waals surface area contributed by atoms with Crippen LogP contribution in [-0.2, 0) is 0 Å². The molecule has 2 amide bonds. The summed E-state index contributed by atoms with van der Waals surface area (Å²) in [6.45, 7) is 4.37.